The van der Waals surface area contributed by atoms with Crippen LogP contribution in [0.5, 0.6) is 0 Å². The molecule has 0 heterocycles. The van der Waals surface area contributed by atoms with Crippen LogP contribution in [-0.4, -0.2) is 13.1 Å². The molecule has 0 atom stereocenters. The van der Waals surface area contributed by atoms with Gasteiger partial charge in [0.05, 0.1) is 0 Å². The van der Waals surface area contributed by atoms with Crippen molar-refractivity contribution in [3.8, 4) is 0 Å². The van der Waals surface area contributed by atoms with Crippen LogP contribution < -0.4 is 5.32 Å². The summed E-state index contributed by atoms with van der Waals surface area (Å²) in [5.74, 6) is -0.871. The summed E-state index contributed by atoms with van der Waals surface area (Å²) in [6.45, 7) is 3.75. The van der Waals surface area contributed by atoms with Gasteiger partial charge in [0.1, 0.15) is 11.6 Å². The van der Waals surface area contributed by atoms with E-state index in [0.29, 0.717) is 11.0 Å². The third-order valence-electron chi connectivity index (χ3n) is 5.06. The minimum atomic E-state index is -0.488. The van der Waals surface area contributed by atoms with E-state index in [0.717, 1.165) is 32.0 Å². The average Bonchev–Trinajstić information content (AvgIpc) is 2.27. The van der Waals surface area contributed by atoms with Crippen LogP contribution in [0, 0.1) is 17.0 Å². The van der Waals surface area contributed by atoms with E-state index in [1.54, 1.807) is 6.07 Å². The van der Waals surface area contributed by atoms with Gasteiger partial charge in [0.15, 0.2) is 0 Å². The van der Waals surface area contributed by atoms with Gasteiger partial charge in [-0.05, 0) is 49.3 Å². The Balaban J connectivity index is 1.87. The molecule has 2 fully saturated rings. The van der Waals surface area contributed by atoms with E-state index in [1.807, 2.05) is 0 Å². The summed E-state index contributed by atoms with van der Waals surface area (Å²) in [7, 11) is 0. The molecule has 0 unspecified atom stereocenters. The highest BCUT2D eigenvalue weighted by Gasteiger charge is 2.57. The number of hydrogen-bond acceptors (Lipinski definition) is 1. The molecule has 1 spiro atoms. The molecule has 2 saturated carbocycles. The van der Waals surface area contributed by atoms with Gasteiger partial charge in [-0.3, -0.25) is 0 Å². The Bertz CT molecular complexity index is 472. The number of rotatable bonds is 4. The van der Waals surface area contributed by atoms with Crippen molar-refractivity contribution < 1.29 is 8.78 Å². The molecule has 1 aromatic rings. The van der Waals surface area contributed by atoms with Crippen LogP contribution in [0.15, 0.2) is 18.2 Å². The molecule has 0 bridgehead atoms. The zero-order chi connectivity index (χ0) is 13.5. The van der Waals surface area contributed by atoms with Crippen LogP contribution in [0.4, 0.5) is 8.78 Å². The zero-order valence-corrected chi connectivity index (χ0v) is 11.4. The summed E-state index contributed by atoms with van der Waals surface area (Å²) >= 11 is 0. The van der Waals surface area contributed by atoms with Crippen molar-refractivity contribution in [2.45, 2.75) is 44.4 Å². The molecule has 0 saturated heterocycles. The Hall–Kier alpha value is -0.960. The normalized spacial score (nSPS) is 22.9. The van der Waals surface area contributed by atoms with E-state index >= 15 is 0 Å². The van der Waals surface area contributed by atoms with Crippen LogP contribution in [0.1, 0.15) is 44.6 Å². The molecule has 1 N–H and O–H groups in total. The maximum atomic E-state index is 14.1. The Labute approximate surface area is 113 Å². The predicted octanol–water partition coefficient (Wildman–Crippen LogP) is 3.78. The molecule has 3 heteroatoms. The molecule has 2 aliphatic carbocycles. The predicted molar refractivity (Wildman–Crippen MR) is 72.1 cm³/mol. The molecule has 1 nitrogen and oxygen atoms in total. The van der Waals surface area contributed by atoms with Gasteiger partial charge in [0.25, 0.3) is 0 Å². The molecular weight excluding hydrogens is 244 g/mol. The van der Waals surface area contributed by atoms with Crippen molar-refractivity contribution in [3.63, 3.8) is 0 Å². The quantitative estimate of drug-likeness (QED) is 0.873. The van der Waals surface area contributed by atoms with E-state index in [2.05, 4.69) is 12.2 Å². The standard InChI is InChI=1S/C16H21F2N/c1-2-19-11-16(9-15(10-16)6-3-7-15)13-5-4-12(17)8-14(13)18/h4-5,8,19H,2-3,6-7,9-11H2,1H3. The van der Waals surface area contributed by atoms with Gasteiger partial charge in [0, 0.05) is 18.0 Å². The Morgan fingerprint density at radius 3 is 2.47 bits per heavy atom. The van der Waals surface area contributed by atoms with Crippen molar-refractivity contribution in [1.29, 1.82) is 0 Å². The summed E-state index contributed by atoms with van der Waals surface area (Å²) in [5, 5.41) is 3.36. The van der Waals surface area contributed by atoms with Crippen LogP contribution >= 0.6 is 0 Å². The van der Waals surface area contributed by atoms with Crippen LogP contribution in [0.2, 0.25) is 0 Å². The molecule has 1 aromatic carbocycles. The van der Waals surface area contributed by atoms with E-state index in [4.69, 9.17) is 0 Å². The minimum Gasteiger partial charge on any atom is -0.316 e. The van der Waals surface area contributed by atoms with Gasteiger partial charge in [-0.25, -0.2) is 8.78 Å². The van der Waals surface area contributed by atoms with Crippen molar-refractivity contribution in [3.05, 3.63) is 35.4 Å². The van der Waals surface area contributed by atoms with E-state index in [-0.39, 0.29) is 11.2 Å². The summed E-state index contributed by atoms with van der Waals surface area (Å²) in [6.07, 6.45) is 5.97. The molecule has 3 rings (SSSR count). The SMILES string of the molecule is CCNCC1(c2ccc(F)cc2F)CC2(CCC2)C1. The number of benzene rings is 1. The third-order valence-corrected chi connectivity index (χ3v) is 5.06. The first-order valence-corrected chi connectivity index (χ1v) is 7.26. The van der Waals surface area contributed by atoms with Crippen molar-refractivity contribution >= 4 is 0 Å². The van der Waals surface area contributed by atoms with E-state index < -0.39 is 5.82 Å². The molecular formula is C16H21F2N. The van der Waals surface area contributed by atoms with E-state index in [9.17, 15) is 8.78 Å². The van der Waals surface area contributed by atoms with Gasteiger partial charge in [0.2, 0.25) is 0 Å². The first-order chi connectivity index (χ1) is 9.09. The lowest BCUT2D eigenvalue weighted by Gasteiger charge is -2.61. The highest BCUT2D eigenvalue weighted by atomic mass is 19.1. The third kappa shape index (κ3) is 2.08. The number of hydrogen-bond donors (Lipinski definition) is 1. The number of nitrogens with one attached hydrogen (secondary N) is 1. The lowest BCUT2D eigenvalue weighted by atomic mass is 9.43. The van der Waals surface area contributed by atoms with Gasteiger partial charge in [-0.1, -0.05) is 19.4 Å². The highest BCUT2D eigenvalue weighted by Crippen LogP contribution is 2.64. The average molecular weight is 265 g/mol. The van der Waals surface area contributed by atoms with Crippen LogP contribution in [0.3, 0.4) is 0 Å². The molecule has 0 radical (unpaired) electrons. The minimum absolute atomic E-state index is 0.117. The zero-order valence-electron chi connectivity index (χ0n) is 11.4. The number of likely N-dealkylation sites (N-methyl/N-ethyl adjacent to an activating group) is 1. The second-order valence-corrected chi connectivity index (χ2v) is 6.39. The molecule has 2 aliphatic rings. The Morgan fingerprint density at radius 2 is 1.95 bits per heavy atom. The second-order valence-electron chi connectivity index (χ2n) is 6.39. The Kier molecular flexibility index (Phi) is 3.12. The smallest absolute Gasteiger partial charge is 0.129 e. The molecule has 0 aliphatic heterocycles. The van der Waals surface area contributed by atoms with Gasteiger partial charge < -0.3 is 5.32 Å². The molecule has 0 amide bonds. The molecule has 104 valence electrons. The topological polar surface area (TPSA) is 12.0 Å². The van der Waals surface area contributed by atoms with Crippen molar-refractivity contribution in [2.75, 3.05) is 13.1 Å². The molecule has 19 heavy (non-hydrogen) atoms. The largest absolute Gasteiger partial charge is 0.316 e. The monoisotopic (exact) mass is 265 g/mol. The first-order valence-electron chi connectivity index (χ1n) is 7.26. The maximum Gasteiger partial charge on any atom is 0.129 e. The fourth-order valence-corrected chi connectivity index (χ4v) is 4.11. The highest BCUT2D eigenvalue weighted by molar-refractivity contribution is 5.34. The van der Waals surface area contributed by atoms with E-state index in [1.165, 1.54) is 25.3 Å². The van der Waals surface area contributed by atoms with Crippen molar-refractivity contribution in [2.24, 2.45) is 5.41 Å². The Morgan fingerprint density at radius 1 is 1.21 bits per heavy atom. The summed E-state index contributed by atoms with van der Waals surface area (Å²) in [6, 6.07) is 4.06. The number of halogens is 2. The van der Waals surface area contributed by atoms with Crippen LogP contribution in [0.25, 0.3) is 0 Å². The molecule has 0 aromatic heterocycles. The van der Waals surface area contributed by atoms with Gasteiger partial charge >= 0.3 is 0 Å². The first kappa shape index (κ1) is 13.0. The lowest BCUT2D eigenvalue weighted by Crippen LogP contribution is -2.57. The maximum absolute atomic E-state index is 14.1. The van der Waals surface area contributed by atoms with Gasteiger partial charge in [-0.2, -0.15) is 0 Å². The van der Waals surface area contributed by atoms with Gasteiger partial charge in [-0.15, -0.1) is 0 Å². The summed E-state index contributed by atoms with van der Waals surface area (Å²) in [4.78, 5) is 0. The van der Waals surface area contributed by atoms with Crippen molar-refractivity contribution in [1.82, 2.24) is 5.32 Å². The summed E-state index contributed by atoms with van der Waals surface area (Å²) < 4.78 is 27.2. The lowest BCUT2D eigenvalue weighted by molar-refractivity contribution is -0.0495. The fourth-order valence-electron chi connectivity index (χ4n) is 4.11. The van der Waals surface area contributed by atoms with Crippen LogP contribution in [-0.2, 0) is 5.41 Å². The second kappa shape index (κ2) is 4.55. The summed E-state index contributed by atoms with van der Waals surface area (Å²) in [5.41, 5.74) is 1.05. The fraction of sp³-hybridized carbons (Fsp3) is 0.625.